The summed E-state index contributed by atoms with van der Waals surface area (Å²) in [4.78, 5) is 2.07. The summed E-state index contributed by atoms with van der Waals surface area (Å²) < 4.78 is 5.65. The summed E-state index contributed by atoms with van der Waals surface area (Å²) >= 11 is 5.90. The maximum Gasteiger partial charge on any atom is 0.120 e. The van der Waals surface area contributed by atoms with Gasteiger partial charge >= 0.3 is 0 Å². The molecule has 0 saturated heterocycles. The van der Waals surface area contributed by atoms with Crippen LogP contribution in [0.2, 0.25) is 5.02 Å². The second kappa shape index (κ2) is 6.34. The summed E-state index contributed by atoms with van der Waals surface area (Å²) in [5, 5.41) is 0.679. The number of halogens is 1. The number of nitrogens with zero attached hydrogens (tertiary/aromatic N) is 1. The third-order valence-electron chi connectivity index (χ3n) is 2.84. The first-order valence-corrected chi connectivity index (χ1v) is 6.48. The van der Waals surface area contributed by atoms with E-state index in [-0.39, 0.29) is 0 Å². The molecule has 3 nitrogen and oxygen atoms in total. The molecule has 2 aromatic rings. The van der Waals surface area contributed by atoms with Gasteiger partial charge in [-0.25, -0.2) is 0 Å². The Kier molecular flexibility index (Phi) is 4.53. The zero-order valence-corrected chi connectivity index (χ0v) is 11.6. The normalized spacial score (nSPS) is 10.2. The van der Waals surface area contributed by atoms with Gasteiger partial charge < -0.3 is 15.4 Å². The van der Waals surface area contributed by atoms with Crippen LogP contribution in [0.4, 0.5) is 11.4 Å². The molecule has 0 radical (unpaired) electrons. The third kappa shape index (κ3) is 3.80. The Morgan fingerprint density at radius 3 is 2.68 bits per heavy atom. The van der Waals surface area contributed by atoms with Crippen LogP contribution < -0.4 is 15.4 Å². The van der Waals surface area contributed by atoms with Crippen molar-refractivity contribution in [2.24, 2.45) is 0 Å². The molecule has 19 heavy (non-hydrogen) atoms. The maximum atomic E-state index is 5.92. The van der Waals surface area contributed by atoms with Gasteiger partial charge in [-0.1, -0.05) is 29.8 Å². The van der Waals surface area contributed by atoms with Gasteiger partial charge in [-0.2, -0.15) is 0 Å². The molecule has 0 aromatic heterocycles. The van der Waals surface area contributed by atoms with Crippen molar-refractivity contribution in [3.63, 3.8) is 0 Å². The Labute approximate surface area is 118 Å². The molecular formula is C15H17ClN2O. The average Bonchev–Trinajstić information content (AvgIpc) is 2.39. The SMILES string of the molecule is CN(CCOc1cccc(Cl)c1)c1ccccc1N. The van der Waals surface area contributed by atoms with Gasteiger partial charge in [0.2, 0.25) is 0 Å². The predicted octanol–water partition coefficient (Wildman–Crippen LogP) is 3.44. The smallest absolute Gasteiger partial charge is 0.120 e. The van der Waals surface area contributed by atoms with Gasteiger partial charge in [0, 0.05) is 12.1 Å². The topological polar surface area (TPSA) is 38.5 Å². The van der Waals surface area contributed by atoms with Gasteiger partial charge in [0.1, 0.15) is 12.4 Å². The number of para-hydroxylation sites is 2. The lowest BCUT2D eigenvalue weighted by Crippen LogP contribution is -2.24. The van der Waals surface area contributed by atoms with Gasteiger partial charge in [-0.05, 0) is 30.3 Å². The van der Waals surface area contributed by atoms with Gasteiger partial charge in [0.25, 0.3) is 0 Å². The Morgan fingerprint density at radius 1 is 1.16 bits per heavy atom. The second-order valence-corrected chi connectivity index (χ2v) is 4.72. The fourth-order valence-electron chi connectivity index (χ4n) is 1.81. The largest absolute Gasteiger partial charge is 0.492 e. The van der Waals surface area contributed by atoms with E-state index in [0.29, 0.717) is 11.6 Å². The zero-order valence-electron chi connectivity index (χ0n) is 10.8. The van der Waals surface area contributed by atoms with Crippen molar-refractivity contribution in [1.82, 2.24) is 0 Å². The number of benzene rings is 2. The molecule has 0 atom stereocenters. The van der Waals surface area contributed by atoms with Crippen molar-refractivity contribution < 1.29 is 4.74 Å². The van der Waals surface area contributed by atoms with Crippen LogP contribution in [-0.2, 0) is 0 Å². The van der Waals surface area contributed by atoms with E-state index >= 15 is 0 Å². The highest BCUT2D eigenvalue weighted by Crippen LogP contribution is 2.21. The lowest BCUT2D eigenvalue weighted by molar-refractivity contribution is 0.326. The minimum Gasteiger partial charge on any atom is -0.492 e. The standard InChI is InChI=1S/C15H17ClN2O/c1-18(15-8-3-2-7-14(15)17)9-10-19-13-6-4-5-12(16)11-13/h2-8,11H,9-10,17H2,1H3. The molecule has 0 fully saturated rings. The van der Waals surface area contributed by atoms with E-state index in [1.54, 1.807) is 6.07 Å². The van der Waals surface area contributed by atoms with Gasteiger partial charge in [0.15, 0.2) is 0 Å². The minimum atomic E-state index is 0.575. The van der Waals surface area contributed by atoms with E-state index in [4.69, 9.17) is 22.1 Å². The molecule has 0 heterocycles. The monoisotopic (exact) mass is 276 g/mol. The highest BCUT2D eigenvalue weighted by Gasteiger charge is 2.04. The van der Waals surface area contributed by atoms with Crippen LogP contribution in [0.15, 0.2) is 48.5 Å². The summed E-state index contributed by atoms with van der Waals surface area (Å²) in [7, 11) is 1.99. The van der Waals surface area contributed by atoms with E-state index in [1.165, 1.54) is 0 Å². The Bertz CT molecular complexity index is 545. The molecule has 0 spiro atoms. The number of likely N-dealkylation sites (N-methyl/N-ethyl adjacent to an activating group) is 1. The van der Waals surface area contributed by atoms with Crippen molar-refractivity contribution in [2.45, 2.75) is 0 Å². The highest BCUT2D eigenvalue weighted by molar-refractivity contribution is 6.30. The third-order valence-corrected chi connectivity index (χ3v) is 3.07. The fraction of sp³-hybridized carbons (Fsp3) is 0.200. The summed E-state index contributed by atoms with van der Waals surface area (Å²) in [5.74, 6) is 0.780. The molecule has 0 aliphatic heterocycles. The molecular weight excluding hydrogens is 260 g/mol. The molecule has 0 saturated carbocycles. The van der Waals surface area contributed by atoms with Crippen molar-refractivity contribution >= 4 is 23.0 Å². The van der Waals surface area contributed by atoms with Crippen LogP contribution in [0.5, 0.6) is 5.75 Å². The summed E-state index contributed by atoms with van der Waals surface area (Å²) in [6, 6.07) is 15.2. The molecule has 0 aliphatic carbocycles. The van der Waals surface area contributed by atoms with Gasteiger partial charge in [-0.15, -0.1) is 0 Å². The molecule has 0 amide bonds. The zero-order chi connectivity index (χ0) is 13.7. The second-order valence-electron chi connectivity index (χ2n) is 4.29. The Balaban J connectivity index is 1.88. The number of ether oxygens (including phenoxy) is 1. The van der Waals surface area contributed by atoms with Crippen LogP contribution in [-0.4, -0.2) is 20.2 Å². The minimum absolute atomic E-state index is 0.575. The van der Waals surface area contributed by atoms with Crippen LogP contribution in [0.1, 0.15) is 0 Å². The molecule has 2 rings (SSSR count). The lowest BCUT2D eigenvalue weighted by atomic mass is 10.2. The predicted molar refractivity (Wildman–Crippen MR) is 81.1 cm³/mol. The number of hydrogen-bond acceptors (Lipinski definition) is 3. The number of rotatable bonds is 5. The first-order chi connectivity index (χ1) is 9.16. The average molecular weight is 277 g/mol. The molecule has 2 N–H and O–H groups in total. The van der Waals surface area contributed by atoms with Gasteiger partial charge in [0.05, 0.1) is 17.9 Å². The summed E-state index contributed by atoms with van der Waals surface area (Å²) in [5.41, 5.74) is 7.71. The van der Waals surface area contributed by atoms with Crippen molar-refractivity contribution in [3.8, 4) is 5.75 Å². The van der Waals surface area contributed by atoms with Gasteiger partial charge in [-0.3, -0.25) is 0 Å². The quantitative estimate of drug-likeness (QED) is 0.850. The fourth-order valence-corrected chi connectivity index (χ4v) is 1.99. The van der Waals surface area contributed by atoms with E-state index in [9.17, 15) is 0 Å². The summed E-state index contributed by atoms with van der Waals surface area (Å²) in [6.07, 6.45) is 0. The van der Waals surface area contributed by atoms with Crippen molar-refractivity contribution in [2.75, 3.05) is 30.8 Å². The number of nitrogens with two attached hydrogens (primary N) is 1. The Morgan fingerprint density at radius 2 is 1.95 bits per heavy atom. The number of nitrogen functional groups attached to an aromatic ring is 1. The molecule has 4 heteroatoms. The van der Waals surface area contributed by atoms with Crippen molar-refractivity contribution in [3.05, 3.63) is 53.6 Å². The number of hydrogen-bond donors (Lipinski definition) is 1. The van der Waals surface area contributed by atoms with E-state index in [0.717, 1.165) is 23.7 Å². The highest BCUT2D eigenvalue weighted by atomic mass is 35.5. The maximum absolute atomic E-state index is 5.92. The first kappa shape index (κ1) is 13.6. The first-order valence-electron chi connectivity index (χ1n) is 6.11. The number of anilines is 2. The van der Waals surface area contributed by atoms with Crippen LogP contribution in [0.3, 0.4) is 0 Å². The van der Waals surface area contributed by atoms with E-state index < -0.39 is 0 Å². The van der Waals surface area contributed by atoms with Crippen molar-refractivity contribution in [1.29, 1.82) is 0 Å². The van der Waals surface area contributed by atoms with E-state index in [1.807, 2.05) is 49.5 Å². The Hall–Kier alpha value is -1.87. The molecule has 2 aromatic carbocycles. The molecule has 0 bridgehead atoms. The van der Waals surface area contributed by atoms with Crippen LogP contribution in [0.25, 0.3) is 0 Å². The molecule has 0 unspecified atom stereocenters. The van der Waals surface area contributed by atoms with E-state index in [2.05, 4.69) is 4.90 Å². The summed E-state index contributed by atoms with van der Waals surface area (Å²) in [6.45, 7) is 1.33. The lowest BCUT2D eigenvalue weighted by Gasteiger charge is -2.21. The molecule has 100 valence electrons. The van der Waals surface area contributed by atoms with Crippen LogP contribution >= 0.6 is 11.6 Å². The molecule has 0 aliphatic rings. The van der Waals surface area contributed by atoms with Crippen LogP contribution in [0, 0.1) is 0 Å².